The van der Waals surface area contributed by atoms with E-state index in [-0.39, 0.29) is 0 Å². The van der Waals surface area contributed by atoms with Crippen molar-refractivity contribution < 1.29 is 0 Å². The summed E-state index contributed by atoms with van der Waals surface area (Å²) in [5, 5.41) is 11.8. The first-order valence-corrected chi connectivity index (χ1v) is 9.41. The summed E-state index contributed by atoms with van der Waals surface area (Å²) in [6.45, 7) is 4.09. The van der Waals surface area contributed by atoms with Gasteiger partial charge in [0.25, 0.3) is 0 Å². The summed E-state index contributed by atoms with van der Waals surface area (Å²) in [5.74, 6) is 0. The molecule has 128 valence electrons. The van der Waals surface area contributed by atoms with Gasteiger partial charge in [0.2, 0.25) is 0 Å². The fraction of sp³-hybridized carbons (Fsp3) is 0.684. The predicted octanol–water partition coefficient (Wildman–Crippen LogP) is 4.90. The van der Waals surface area contributed by atoms with E-state index in [0.717, 1.165) is 24.2 Å². The van der Waals surface area contributed by atoms with E-state index in [4.69, 9.17) is 0 Å². The van der Waals surface area contributed by atoms with E-state index >= 15 is 0 Å². The number of para-hydroxylation sites is 1. The van der Waals surface area contributed by atoms with Crippen LogP contribution in [0.1, 0.15) is 71.1 Å². The van der Waals surface area contributed by atoms with Crippen molar-refractivity contribution in [2.75, 3.05) is 6.54 Å². The maximum absolute atomic E-state index is 4.19. The maximum atomic E-state index is 4.19. The molecule has 0 aliphatic rings. The second-order valence-electron chi connectivity index (χ2n) is 6.42. The lowest BCUT2D eigenvalue weighted by Gasteiger charge is -2.05. The van der Waals surface area contributed by atoms with Crippen LogP contribution in [-0.2, 0) is 6.67 Å². The van der Waals surface area contributed by atoms with Crippen LogP contribution in [0.25, 0.3) is 11.0 Å². The van der Waals surface area contributed by atoms with Gasteiger partial charge < -0.3 is 0 Å². The second kappa shape index (κ2) is 11.2. The van der Waals surface area contributed by atoms with Gasteiger partial charge in [0.05, 0.1) is 12.2 Å². The normalized spacial score (nSPS) is 11.3. The lowest BCUT2D eigenvalue weighted by Crippen LogP contribution is -2.20. The molecule has 1 N–H and O–H groups in total. The minimum atomic E-state index is 0.748. The Bertz CT molecular complexity index is 535. The van der Waals surface area contributed by atoms with Crippen molar-refractivity contribution >= 4 is 11.0 Å². The predicted molar refractivity (Wildman–Crippen MR) is 97.4 cm³/mol. The molecular weight excluding hydrogens is 284 g/mol. The summed E-state index contributed by atoms with van der Waals surface area (Å²) < 4.78 is 1.94. The molecule has 0 aliphatic carbocycles. The van der Waals surface area contributed by atoms with Gasteiger partial charge in [-0.15, -0.1) is 5.10 Å². The number of fused-ring (bicyclic) bond motifs is 1. The zero-order valence-electron chi connectivity index (χ0n) is 14.6. The van der Waals surface area contributed by atoms with Gasteiger partial charge in [0.15, 0.2) is 0 Å². The van der Waals surface area contributed by atoms with Crippen LogP contribution in [0, 0.1) is 0 Å². The Labute approximate surface area is 140 Å². The smallest absolute Gasteiger partial charge is 0.113 e. The first-order chi connectivity index (χ1) is 11.4. The van der Waals surface area contributed by atoms with E-state index < -0.39 is 0 Å². The Kier molecular flexibility index (Phi) is 8.70. The third-order valence-corrected chi connectivity index (χ3v) is 4.39. The zero-order chi connectivity index (χ0) is 16.2. The Morgan fingerprint density at radius 2 is 1.52 bits per heavy atom. The summed E-state index contributed by atoms with van der Waals surface area (Å²) in [6.07, 6.45) is 13.8. The molecule has 0 spiro atoms. The highest BCUT2D eigenvalue weighted by Crippen LogP contribution is 2.10. The average molecular weight is 316 g/mol. The van der Waals surface area contributed by atoms with Gasteiger partial charge in [-0.1, -0.05) is 82.1 Å². The molecule has 1 aromatic heterocycles. The van der Waals surface area contributed by atoms with E-state index in [2.05, 4.69) is 28.6 Å². The van der Waals surface area contributed by atoms with Gasteiger partial charge in [0.1, 0.15) is 5.52 Å². The van der Waals surface area contributed by atoms with Crippen molar-refractivity contribution in [3.8, 4) is 0 Å². The van der Waals surface area contributed by atoms with E-state index in [1.54, 1.807) is 0 Å². The molecular formula is C19H32N4. The number of rotatable bonds is 13. The highest BCUT2D eigenvalue weighted by Gasteiger charge is 2.01. The van der Waals surface area contributed by atoms with Gasteiger partial charge in [-0.25, -0.2) is 4.68 Å². The molecule has 23 heavy (non-hydrogen) atoms. The fourth-order valence-corrected chi connectivity index (χ4v) is 2.96. The zero-order valence-corrected chi connectivity index (χ0v) is 14.6. The summed E-state index contributed by atoms with van der Waals surface area (Å²) in [7, 11) is 0. The van der Waals surface area contributed by atoms with Crippen LogP contribution < -0.4 is 5.32 Å². The second-order valence-corrected chi connectivity index (χ2v) is 6.42. The van der Waals surface area contributed by atoms with E-state index in [1.165, 1.54) is 64.2 Å². The first-order valence-electron chi connectivity index (χ1n) is 9.41. The van der Waals surface area contributed by atoms with Crippen LogP contribution in [0.4, 0.5) is 0 Å². The quantitative estimate of drug-likeness (QED) is 0.534. The molecule has 0 atom stereocenters. The number of aromatic nitrogens is 3. The molecule has 2 rings (SSSR count). The van der Waals surface area contributed by atoms with Crippen LogP contribution in [-0.4, -0.2) is 21.5 Å². The lowest BCUT2D eigenvalue weighted by molar-refractivity contribution is 0.487. The molecule has 4 nitrogen and oxygen atoms in total. The number of unbranched alkanes of at least 4 members (excludes halogenated alkanes) is 9. The van der Waals surface area contributed by atoms with E-state index in [1.807, 2.05) is 22.9 Å². The van der Waals surface area contributed by atoms with Crippen LogP contribution in [0.5, 0.6) is 0 Å². The van der Waals surface area contributed by atoms with Crippen molar-refractivity contribution in [2.24, 2.45) is 0 Å². The van der Waals surface area contributed by atoms with Crippen molar-refractivity contribution in [3.63, 3.8) is 0 Å². The Balaban J connectivity index is 1.44. The van der Waals surface area contributed by atoms with Crippen molar-refractivity contribution in [1.29, 1.82) is 0 Å². The topological polar surface area (TPSA) is 42.7 Å². The third-order valence-electron chi connectivity index (χ3n) is 4.39. The molecule has 2 aromatic rings. The SMILES string of the molecule is CCCCCCCCCCCCNCn1nnc2ccccc21. The van der Waals surface area contributed by atoms with Crippen LogP contribution in [0.3, 0.4) is 0 Å². The molecule has 1 aromatic carbocycles. The van der Waals surface area contributed by atoms with Crippen LogP contribution >= 0.6 is 0 Å². The van der Waals surface area contributed by atoms with Gasteiger partial charge in [-0.05, 0) is 25.1 Å². The first kappa shape index (κ1) is 17.9. The molecule has 0 bridgehead atoms. The molecule has 0 saturated carbocycles. The Morgan fingerprint density at radius 1 is 0.870 bits per heavy atom. The summed E-state index contributed by atoms with van der Waals surface area (Å²) in [5.41, 5.74) is 2.07. The molecule has 1 heterocycles. The molecule has 0 fully saturated rings. The number of nitrogens with one attached hydrogen (secondary N) is 1. The molecule has 4 heteroatoms. The minimum absolute atomic E-state index is 0.748. The van der Waals surface area contributed by atoms with Gasteiger partial charge in [-0.3, -0.25) is 5.32 Å². The number of hydrogen-bond acceptors (Lipinski definition) is 3. The summed E-state index contributed by atoms with van der Waals surface area (Å²) in [4.78, 5) is 0. The molecule has 0 radical (unpaired) electrons. The molecule has 0 aliphatic heterocycles. The number of hydrogen-bond donors (Lipinski definition) is 1. The maximum Gasteiger partial charge on any atom is 0.113 e. The minimum Gasteiger partial charge on any atom is -0.298 e. The largest absolute Gasteiger partial charge is 0.298 e. The number of benzene rings is 1. The standard InChI is InChI=1S/C19H32N4/c1-2-3-4-5-6-7-8-9-10-13-16-20-17-23-19-15-12-11-14-18(19)21-22-23/h11-12,14-15,20H,2-10,13,16-17H2,1H3. The van der Waals surface area contributed by atoms with E-state index in [0.29, 0.717) is 0 Å². The lowest BCUT2D eigenvalue weighted by atomic mass is 10.1. The molecule has 0 amide bonds. The average Bonchev–Trinajstić information content (AvgIpc) is 2.99. The summed E-state index contributed by atoms with van der Waals surface area (Å²) >= 11 is 0. The highest BCUT2D eigenvalue weighted by atomic mass is 15.4. The van der Waals surface area contributed by atoms with Crippen LogP contribution in [0.15, 0.2) is 24.3 Å². The van der Waals surface area contributed by atoms with Crippen molar-refractivity contribution in [1.82, 2.24) is 20.3 Å². The third kappa shape index (κ3) is 6.69. The van der Waals surface area contributed by atoms with Crippen LogP contribution in [0.2, 0.25) is 0 Å². The van der Waals surface area contributed by atoms with Gasteiger partial charge in [-0.2, -0.15) is 0 Å². The number of nitrogens with zero attached hydrogens (tertiary/aromatic N) is 3. The van der Waals surface area contributed by atoms with Gasteiger partial charge in [0, 0.05) is 0 Å². The molecule has 0 unspecified atom stereocenters. The fourth-order valence-electron chi connectivity index (χ4n) is 2.96. The Hall–Kier alpha value is -1.42. The van der Waals surface area contributed by atoms with Crippen molar-refractivity contribution in [2.45, 2.75) is 77.8 Å². The molecule has 0 saturated heterocycles. The van der Waals surface area contributed by atoms with Gasteiger partial charge >= 0.3 is 0 Å². The summed E-state index contributed by atoms with van der Waals surface area (Å²) in [6, 6.07) is 8.10. The highest BCUT2D eigenvalue weighted by molar-refractivity contribution is 5.73. The van der Waals surface area contributed by atoms with E-state index in [9.17, 15) is 0 Å². The Morgan fingerprint density at radius 3 is 2.26 bits per heavy atom. The van der Waals surface area contributed by atoms with Crippen molar-refractivity contribution in [3.05, 3.63) is 24.3 Å². The monoisotopic (exact) mass is 316 g/mol.